The van der Waals surface area contributed by atoms with Crippen molar-refractivity contribution in [2.24, 2.45) is 10.8 Å². The summed E-state index contributed by atoms with van der Waals surface area (Å²) in [7, 11) is 0. The molecule has 0 fully saturated rings. The number of aliphatic imine (C=N–C) groups is 1. The van der Waals surface area contributed by atoms with Gasteiger partial charge in [0.15, 0.2) is 0 Å². The highest BCUT2D eigenvalue weighted by Crippen LogP contribution is 2.08. The molecule has 0 spiro atoms. The molecule has 0 aliphatic carbocycles. The number of hydrogen-bond acceptors (Lipinski definition) is 4. The number of oxazole rings is 1. The Kier molecular flexibility index (Phi) is 5.48. The van der Waals surface area contributed by atoms with Crippen LogP contribution in [0.5, 0.6) is 0 Å². The maximum Gasteiger partial charge on any atom is 0.216 e. The van der Waals surface area contributed by atoms with Gasteiger partial charge in [-0.1, -0.05) is 13.3 Å². The molecule has 1 rings (SSSR count). The topological polar surface area (TPSA) is 88.5 Å². The van der Waals surface area contributed by atoms with E-state index in [4.69, 9.17) is 10.3 Å². The summed E-state index contributed by atoms with van der Waals surface area (Å²) in [5.74, 6) is 7.35. The number of nitrogens with two attached hydrogens (primary N) is 1. The largest absolute Gasteiger partial charge is 0.444 e. The Labute approximate surface area is 102 Å². The summed E-state index contributed by atoms with van der Waals surface area (Å²) in [4.78, 5) is 8.49. The maximum atomic E-state index is 5.42. The van der Waals surface area contributed by atoms with Gasteiger partial charge in [-0.05, 0) is 20.3 Å². The van der Waals surface area contributed by atoms with Gasteiger partial charge in [-0.3, -0.25) is 5.43 Å². The predicted octanol–water partition coefficient (Wildman–Crippen LogP) is 1.00. The first-order valence-corrected chi connectivity index (χ1v) is 5.85. The monoisotopic (exact) mass is 239 g/mol. The summed E-state index contributed by atoms with van der Waals surface area (Å²) in [5, 5.41) is 3.11. The van der Waals surface area contributed by atoms with Gasteiger partial charge in [-0.25, -0.2) is 15.8 Å². The van der Waals surface area contributed by atoms with Crippen molar-refractivity contribution in [2.45, 2.75) is 40.2 Å². The Hall–Kier alpha value is -1.56. The zero-order valence-corrected chi connectivity index (χ0v) is 10.7. The van der Waals surface area contributed by atoms with Gasteiger partial charge in [0, 0.05) is 6.54 Å². The van der Waals surface area contributed by atoms with Crippen molar-refractivity contribution >= 4 is 5.96 Å². The van der Waals surface area contributed by atoms with E-state index < -0.39 is 0 Å². The Balaban J connectivity index is 2.48. The molecule has 1 aromatic heterocycles. The lowest BCUT2D eigenvalue weighted by Crippen LogP contribution is -2.41. The van der Waals surface area contributed by atoms with Crippen molar-refractivity contribution in [3.63, 3.8) is 0 Å². The second kappa shape index (κ2) is 6.90. The van der Waals surface area contributed by atoms with Crippen molar-refractivity contribution in [1.82, 2.24) is 15.7 Å². The lowest BCUT2D eigenvalue weighted by atomic mass is 10.3. The van der Waals surface area contributed by atoms with Gasteiger partial charge in [0.1, 0.15) is 12.3 Å². The van der Waals surface area contributed by atoms with Crippen LogP contribution in [0.15, 0.2) is 9.41 Å². The highest BCUT2D eigenvalue weighted by Gasteiger charge is 2.04. The number of hydrogen-bond donors (Lipinski definition) is 3. The van der Waals surface area contributed by atoms with Crippen molar-refractivity contribution < 1.29 is 4.42 Å². The molecule has 6 nitrogen and oxygen atoms in total. The average Bonchev–Trinajstić information content (AvgIpc) is 2.63. The van der Waals surface area contributed by atoms with Crippen LogP contribution in [0.1, 0.15) is 37.1 Å². The number of rotatable bonds is 5. The second-order valence-electron chi connectivity index (χ2n) is 3.84. The molecule has 0 aliphatic heterocycles. The molecule has 0 aromatic carbocycles. The molecule has 0 atom stereocenters. The van der Waals surface area contributed by atoms with Crippen LogP contribution >= 0.6 is 0 Å². The lowest BCUT2D eigenvalue weighted by molar-refractivity contribution is 0.473. The van der Waals surface area contributed by atoms with E-state index in [-0.39, 0.29) is 0 Å². The van der Waals surface area contributed by atoms with Gasteiger partial charge in [-0.2, -0.15) is 0 Å². The van der Waals surface area contributed by atoms with Crippen LogP contribution in [-0.4, -0.2) is 17.5 Å². The lowest BCUT2D eigenvalue weighted by Gasteiger charge is -2.07. The molecular weight excluding hydrogens is 218 g/mol. The first-order valence-electron chi connectivity index (χ1n) is 5.85. The molecule has 0 unspecified atom stereocenters. The fourth-order valence-corrected chi connectivity index (χ4v) is 1.29. The van der Waals surface area contributed by atoms with Gasteiger partial charge in [0.2, 0.25) is 11.9 Å². The molecule has 1 aromatic rings. The minimum absolute atomic E-state index is 0.382. The van der Waals surface area contributed by atoms with Crippen LogP contribution in [0.3, 0.4) is 0 Å². The Morgan fingerprint density at radius 2 is 2.24 bits per heavy atom. The van der Waals surface area contributed by atoms with E-state index in [0.717, 1.165) is 30.8 Å². The molecule has 0 saturated carbocycles. The van der Waals surface area contributed by atoms with Crippen molar-refractivity contribution in [3.05, 3.63) is 17.3 Å². The van der Waals surface area contributed by atoms with E-state index in [9.17, 15) is 0 Å². The van der Waals surface area contributed by atoms with E-state index in [1.807, 2.05) is 13.8 Å². The van der Waals surface area contributed by atoms with Gasteiger partial charge >= 0.3 is 0 Å². The zero-order chi connectivity index (χ0) is 12.7. The fourth-order valence-electron chi connectivity index (χ4n) is 1.29. The number of hydrazine groups is 1. The van der Waals surface area contributed by atoms with Gasteiger partial charge in [0.25, 0.3) is 0 Å². The molecule has 4 N–H and O–H groups in total. The smallest absolute Gasteiger partial charge is 0.216 e. The molecule has 6 heteroatoms. The van der Waals surface area contributed by atoms with Crippen LogP contribution in [0.25, 0.3) is 0 Å². The molecule has 0 amide bonds. The van der Waals surface area contributed by atoms with E-state index in [1.165, 1.54) is 0 Å². The van der Waals surface area contributed by atoms with E-state index in [2.05, 4.69) is 27.6 Å². The molecule has 1 heterocycles. The fraction of sp³-hybridized carbons (Fsp3) is 0.636. The summed E-state index contributed by atoms with van der Waals surface area (Å²) in [6.45, 7) is 7.16. The van der Waals surface area contributed by atoms with E-state index in [1.54, 1.807) is 0 Å². The number of nitrogens with one attached hydrogen (secondary N) is 2. The molecule has 17 heavy (non-hydrogen) atoms. The number of aromatic nitrogens is 1. The summed E-state index contributed by atoms with van der Waals surface area (Å²) >= 11 is 0. The average molecular weight is 239 g/mol. The molecule has 0 saturated heterocycles. The normalized spacial score (nSPS) is 11.6. The van der Waals surface area contributed by atoms with Gasteiger partial charge < -0.3 is 9.73 Å². The molecule has 96 valence electrons. The second-order valence-corrected chi connectivity index (χ2v) is 3.84. The molecule has 0 radical (unpaired) electrons. The molecule has 0 bridgehead atoms. The highest BCUT2D eigenvalue weighted by molar-refractivity contribution is 5.79. The Morgan fingerprint density at radius 1 is 1.47 bits per heavy atom. The Morgan fingerprint density at radius 3 is 2.76 bits per heavy atom. The third kappa shape index (κ3) is 4.44. The van der Waals surface area contributed by atoms with Crippen LogP contribution in [0.4, 0.5) is 0 Å². The third-order valence-electron chi connectivity index (χ3n) is 2.40. The SMILES string of the molecule is CCCCNC(=NCc1nc(C)c(C)o1)NN. The van der Waals surface area contributed by atoms with Gasteiger partial charge in [-0.15, -0.1) is 0 Å². The van der Waals surface area contributed by atoms with E-state index >= 15 is 0 Å². The van der Waals surface area contributed by atoms with E-state index in [0.29, 0.717) is 18.4 Å². The number of guanidine groups is 1. The maximum absolute atomic E-state index is 5.42. The van der Waals surface area contributed by atoms with Crippen molar-refractivity contribution in [2.75, 3.05) is 6.54 Å². The first-order chi connectivity index (χ1) is 8.17. The molecule has 0 aliphatic rings. The standard InChI is InChI=1S/C11H21N5O/c1-4-5-6-13-11(16-12)14-7-10-15-8(2)9(3)17-10/h4-7,12H2,1-3H3,(H2,13,14,16). The Bertz CT molecular complexity index is 352. The minimum Gasteiger partial charge on any atom is -0.444 e. The molecular formula is C11H21N5O. The summed E-state index contributed by atoms with van der Waals surface area (Å²) in [6, 6.07) is 0. The number of aryl methyl sites for hydroxylation is 2. The summed E-state index contributed by atoms with van der Waals surface area (Å²) < 4.78 is 5.42. The summed E-state index contributed by atoms with van der Waals surface area (Å²) in [5.41, 5.74) is 3.42. The predicted molar refractivity (Wildman–Crippen MR) is 67.3 cm³/mol. The number of unbranched alkanes of at least 4 members (excludes halogenated alkanes) is 1. The quantitative estimate of drug-likeness (QED) is 0.234. The van der Waals surface area contributed by atoms with Crippen LogP contribution in [0, 0.1) is 13.8 Å². The summed E-state index contributed by atoms with van der Waals surface area (Å²) in [6.07, 6.45) is 2.21. The van der Waals surface area contributed by atoms with Crippen LogP contribution in [0.2, 0.25) is 0 Å². The highest BCUT2D eigenvalue weighted by atomic mass is 16.4. The van der Waals surface area contributed by atoms with Gasteiger partial charge in [0.05, 0.1) is 5.69 Å². The van der Waals surface area contributed by atoms with Crippen LogP contribution < -0.4 is 16.6 Å². The van der Waals surface area contributed by atoms with Crippen molar-refractivity contribution in [3.8, 4) is 0 Å². The third-order valence-corrected chi connectivity index (χ3v) is 2.40. The number of nitrogens with zero attached hydrogens (tertiary/aromatic N) is 2. The van der Waals surface area contributed by atoms with Crippen LogP contribution in [-0.2, 0) is 6.54 Å². The minimum atomic E-state index is 0.382. The van der Waals surface area contributed by atoms with Crippen molar-refractivity contribution in [1.29, 1.82) is 0 Å². The first kappa shape index (κ1) is 13.5. The zero-order valence-electron chi connectivity index (χ0n) is 10.7.